The van der Waals surface area contributed by atoms with Crippen molar-refractivity contribution < 1.29 is 9.53 Å². The van der Waals surface area contributed by atoms with Gasteiger partial charge in [0.05, 0.1) is 12.8 Å². The second kappa shape index (κ2) is 5.61. The summed E-state index contributed by atoms with van der Waals surface area (Å²) in [7, 11) is 1.57. The van der Waals surface area contributed by atoms with Crippen molar-refractivity contribution in [1.29, 1.82) is 0 Å². The number of hydrogen-bond donors (Lipinski definition) is 1. The average Bonchev–Trinajstić information content (AvgIpc) is 2.49. The molecule has 0 saturated carbocycles. The topological polar surface area (TPSA) is 74.3 Å². The highest BCUT2D eigenvalue weighted by Crippen LogP contribution is 2.16. The Morgan fingerprint density at radius 2 is 1.85 bits per heavy atom. The maximum Gasteiger partial charge on any atom is 0.268 e. The summed E-state index contributed by atoms with van der Waals surface area (Å²) in [5.74, 6) is 6.21. The number of nitrogens with two attached hydrogens (primary N) is 1. The van der Waals surface area contributed by atoms with E-state index in [1.807, 2.05) is 6.92 Å². The van der Waals surface area contributed by atoms with Gasteiger partial charge in [-0.15, -0.1) is 0 Å². The van der Waals surface area contributed by atoms with Gasteiger partial charge in [0.1, 0.15) is 5.75 Å². The zero-order chi connectivity index (χ0) is 14.7. The molecule has 2 N–H and O–H groups in total. The molecule has 2 rings (SSSR count). The summed E-state index contributed by atoms with van der Waals surface area (Å²) in [4.78, 5) is 24.0. The lowest BCUT2D eigenvalue weighted by Gasteiger charge is -2.11. The smallest absolute Gasteiger partial charge is 0.268 e. The monoisotopic (exact) mass is 272 g/mol. The van der Waals surface area contributed by atoms with Gasteiger partial charge in [0, 0.05) is 17.2 Å². The summed E-state index contributed by atoms with van der Waals surface area (Å²) in [5.41, 5.74) is 1.17. The Hall–Kier alpha value is -2.56. The van der Waals surface area contributed by atoms with E-state index in [-0.39, 0.29) is 11.3 Å². The van der Waals surface area contributed by atoms with Gasteiger partial charge in [-0.1, -0.05) is 6.92 Å². The van der Waals surface area contributed by atoms with Crippen molar-refractivity contribution in [1.82, 2.24) is 4.68 Å². The van der Waals surface area contributed by atoms with Crippen molar-refractivity contribution in [2.45, 2.75) is 13.3 Å². The molecule has 104 valence electrons. The highest BCUT2D eigenvalue weighted by Gasteiger charge is 2.15. The number of ether oxygens (including phenoxy) is 1. The van der Waals surface area contributed by atoms with Gasteiger partial charge in [0.15, 0.2) is 5.78 Å². The molecular weight excluding hydrogens is 256 g/mol. The van der Waals surface area contributed by atoms with Crippen molar-refractivity contribution in [3.63, 3.8) is 0 Å². The van der Waals surface area contributed by atoms with Crippen LogP contribution in [0.4, 0.5) is 0 Å². The Morgan fingerprint density at radius 1 is 1.20 bits per heavy atom. The standard InChI is InChI=1S/C15H16N2O3/c1-3-13-12(8-9-14(18)17(13)16)15(19)10-4-6-11(20-2)7-5-10/h4-9H,3,16H2,1-2H3. The van der Waals surface area contributed by atoms with Crippen molar-refractivity contribution in [3.8, 4) is 5.75 Å². The van der Waals surface area contributed by atoms with E-state index in [0.717, 1.165) is 4.68 Å². The van der Waals surface area contributed by atoms with E-state index >= 15 is 0 Å². The SMILES string of the molecule is CCc1c(C(=O)c2ccc(OC)cc2)ccc(=O)n1N. The molecular formula is C15H16N2O3. The highest BCUT2D eigenvalue weighted by atomic mass is 16.5. The van der Waals surface area contributed by atoms with Crippen LogP contribution in [0, 0.1) is 0 Å². The predicted octanol–water partition coefficient (Wildman–Crippen LogP) is 1.36. The lowest BCUT2D eigenvalue weighted by Crippen LogP contribution is -2.31. The summed E-state index contributed by atoms with van der Waals surface area (Å²) in [6.45, 7) is 1.85. The Kier molecular flexibility index (Phi) is 3.89. The van der Waals surface area contributed by atoms with Crippen LogP contribution in [-0.2, 0) is 6.42 Å². The average molecular weight is 272 g/mol. The molecule has 0 bridgehead atoms. The van der Waals surface area contributed by atoms with Gasteiger partial charge in [0.25, 0.3) is 5.56 Å². The van der Waals surface area contributed by atoms with Crippen molar-refractivity contribution >= 4 is 5.78 Å². The molecule has 20 heavy (non-hydrogen) atoms. The number of pyridine rings is 1. The molecule has 0 atom stereocenters. The Labute approximate surface area is 116 Å². The molecule has 1 heterocycles. The van der Waals surface area contributed by atoms with Crippen LogP contribution in [0.25, 0.3) is 0 Å². The van der Waals surface area contributed by atoms with Crippen LogP contribution in [0.2, 0.25) is 0 Å². The number of hydrogen-bond acceptors (Lipinski definition) is 4. The molecule has 1 aromatic carbocycles. The number of nitrogen functional groups attached to an aromatic ring is 1. The third-order valence-corrected chi connectivity index (χ3v) is 3.16. The third kappa shape index (κ3) is 2.42. The summed E-state index contributed by atoms with van der Waals surface area (Å²) in [6.07, 6.45) is 0.504. The first kappa shape index (κ1) is 13.9. The van der Waals surface area contributed by atoms with Crippen molar-refractivity contribution in [2.24, 2.45) is 0 Å². The molecule has 0 amide bonds. The van der Waals surface area contributed by atoms with E-state index in [0.29, 0.717) is 29.0 Å². The fourth-order valence-corrected chi connectivity index (χ4v) is 2.06. The zero-order valence-electron chi connectivity index (χ0n) is 11.4. The van der Waals surface area contributed by atoms with Crippen LogP contribution in [-0.4, -0.2) is 17.6 Å². The lowest BCUT2D eigenvalue weighted by molar-refractivity contribution is 0.103. The first-order valence-electron chi connectivity index (χ1n) is 6.27. The quantitative estimate of drug-likeness (QED) is 0.673. The maximum atomic E-state index is 12.5. The minimum absolute atomic E-state index is 0.163. The lowest BCUT2D eigenvalue weighted by atomic mass is 10.0. The molecule has 0 aliphatic rings. The molecule has 0 fully saturated rings. The Balaban J connectivity index is 2.47. The van der Waals surface area contributed by atoms with Crippen LogP contribution >= 0.6 is 0 Å². The summed E-state index contributed by atoms with van der Waals surface area (Å²) < 4.78 is 6.08. The first-order chi connectivity index (χ1) is 9.58. The van der Waals surface area contributed by atoms with E-state index in [1.165, 1.54) is 12.1 Å². The number of carbonyl (C=O) groups excluding carboxylic acids is 1. The molecule has 0 aliphatic carbocycles. The van der Waals surface area contributed by atoms with Crippen molar-refractivity contribution in [2.75, 3.05) is 13.0 Å². The Bertz CT molecular complexity index is 687. The molecule has 5 nitrogen and oxygen atoms in total. The number of carbonyl (C=O) groups is 1. The number of nitrogens with zero attached hydrogens (tertiary/aromatic N) is 1. The van der Waals surface area contributed by atoms with Crippen LogP contribution < -0.4 is 16.1 Å². The van der Waals surface area contributed by atoms with Gasteiger partial charge in [-0.3, -0.25) is 9.59 Å². The van der Waals surface area contributed by atoms with Gasteiger partial charge >= 0.3 is 0 Å². The van der Waals surface area contributed by atoms with E-state index in [4.69, 9.17) is 10.6 Å². The minimum Gasteiger partial charge on any atom is -0.497 e. The fourth-order valence-electron chi connectivity index (χ4n) is 2.06. The van der Waals surface area contributed by atoms with Crippen molar-refractivity contribution in [3.05, 3.63) is 63.6 Å². The number of ketones is 1. The van der Waals surface area contributed by atoms with Gasteiger partial charge < -0.3 is 10.6 Å². The maximum absolute atomic E-state index is 12.5. The zero-order valence-corrected chi connectivity index (χ0v) is 11.4. The fraction of sp³-hybridized carbons (Fsp3) is 0.200. The van der Waals surface area contributed by atoms with Gasteiger partial charge in [-0.2, -0.15) is 0 Å². The number of methoxy groups -OCH3 is 1. The number of benzene rings is 1. The molecule has 1 aromatic heterocycles. The molecule has 0 saturated heterocycles. The van der Waals surface area contributed by atoms with Gasteiger partial charge in [-0.25, -0.2) is 4.68 Å². The van der Waals surface area contributed by atoms with Gasteiger partial charge in [-0.05, 0) is 36.8 Å². The largest absolute Gasteiger partial charge is 0.497 e. The summed E-state index contributed by atoms with van der Waals surface area (Å²) in [5, 5.41) is 0. The summed E-state index contributed by atoms with van der Waals surface area (Å²) in [6, 6.07) is 9.64. The van der Waals surface area contributed by atoms with Crippen LogP contribution in [0.5, 0.6) is 5.75 Å². The van der Waals surface area contributed by atoms with Crippen LogP contribution in [0.1, 0.15) is 28.5 Å². The number of rotatable bonds is 4. The molecule has 0 radical (unpaired) electrons. The predicted molar refractivity (Wildman–Crippen MR) is 76.7 cm³/mol. The van der Waals surface area contributed by atoms with E-state index < -0.39 is 0 Å². The second-order valence-corrected chi connectivity index (χ2v) is 4.31. The highest BCUT2D eigenvalue weighted by molar-refractivity contribution is 6.09. The molecule has 0 aliphatic heterocycles. The third-order valence-electron chi connectivity index (χ3n) is 3.16. The molecule has 0 unspecified atom stereocenters. The van der Waals surface area contributed by atoms with E-state index in [9.17, 15) is 9.59 Å². The minimum atomic E-state index is -0.326. The van der Waals surface area contributed by atoms with Crippen LogP contribution in [0.15, 0.2) is 41.2 Å². The molecule has 2 aromatic rings. The molecule has 5 heteroatoms. The first-order valence-corrected chi connectivity index (χ1v) is 6.27. The Morgan fingerprint density at radius 3 is 2.40 bits per heavy atom. The summed E-state index contributed by atoms with van der Waals surface area (Å²) >= 11 is 0. The normalized spacial score (nSPS) is 10.3. The second-order valence-electron chi connectivity index (χ2n) is 4.31. The van der Waals surface area contributed by atoms with E-state index in [2.05, 4.69) is 0 Å². The van der Waals surface area contributed by atoms with Crippen LogP contribution in [0.3, 0.4) is 0 Å². The molecule has 0 spiro atoms. The van der Waals surface area contributed by atoms with Gasteiger partial charge in [0.2, 0.25) is 0 Å². The number of aromatic nitrogens is 1. The van der Waals surface area contributed by atoms with E-state index in [1.54, 1.807) is 31.4 Å².